The fraction of sp³-hybridized carbons (Fsp3) is 0.167. The lowest BCUT2D eigenvalue weighted by molar-refractivity contribution is 0.364. The number of ether oxygens (including phenoxy) is 1. The first-order valence-corrected chi connectivity index (χ1v) is 11.6. The minimum atomic E-state index is -3.70. The highest BCUT2D eigenvalue weighted by Crippen LogP contribution is 2.22. The molecule has 0 atom stereocenters. The second-order valence-electron chi connectivity index (χ2n) is 7.09. The molecule has 3 aromatic rings. The van der Waals surface area contributed by atoms with E-state index >= 15 is 0 Å². The van der Waals surface area contributed by atoms with Gasteiger partial charge in [0.2, 0.25) is 0 Å². The van der Waals surface area contributed by atoms with Crippen LogP contribution in [0, 0.1) is 0 Å². The van der Waals surface area contributed by atoms with Gasteiger partial charge in [-0.2, -0.15) is 0 Å². The molecule has 1 N–H and O–H groups in total. The van der Waals surface area contributed by atoms with Crippen LogP contribution in [0.1, 0.15) is 11.1 Å². The van der Waals surface area contributed by atoms with Crippen molar-refractivity contribution >= 4 is 45.8 Å². The van der Waals surface area contributed by atoms with Crippen molar-refractivity contribution in [3.8, 4) is 5.75 Å². The molecule has 0 aliphatic heterocycles. The van der Waals surface area contributed by atoms with Gasteiger partial charge in [0.05, 0.1) is 17.7 Å². The first-order valence-electron chi connectivity index (χ1n) is 9.73. The van der Waals surface area contributed by atoms with E-state index in [2.05, 4.69) is 15.7 Å². The molecule has 0 aliphatic rings. The molecule has 0 saturated heterocycles. The molecule has 3 aromatic carbocycles. The molecule has 32 heavy (non-hydrogen) atoms. The summed E-state index contributed by atoms with van der Waals surface area (Å²) >= 11 is 5.91. The zero-order valence-electron chi connectivity index (χ0n) is 17.9. The maximum Gasteiger partial charge on any atom is 0.261 e. The molecule has 0 unspecified atom stereocenters. The van der Waals surface area contributed by atoms with E-state index in [1.54, 1.807) is 25.3 Å². The normalized spacial score (nSPS) is 11.4. The third kappa shape index (κ3) is 7.28. The van der Waals surface area contributed by atoms with Crippen molar-refractivity contribution in [3.63, 3.8) is 0 Å². The highest BCUT2D eigenvalue weighted by Gasteiger charge is 2.16. The van der Waals surface area contributed by atoms with Crippen LogP contribution >= 0.6 is 24.0 Å². The van der Waals surface area contributed by atoms with Crippen LogP contribution in [-0.2, 0) is 16.6 Å². The molecule has 0 fully saturated rings. The maximum absolute atomic E-state index is 12.8. The topological polar surface area (TPSA) is 58.6 Å². The molecule has 0 bridgehead atoms. The number of sulfonamides is 1. The molecular formula is C24H26Cl2N2O3S. The molecule has 0 heterocycles. The van der Waals surface area contributed by atoms with E-state index < -0.39 is 10.0 Å². The Morgan fingerprint density at radius 3 is 2.31 bits per heavy atom. The van der Waals surface area contributed by atoms with Gasteiger partial charge in [0.25, 0.3) is 10.0 Å². The number of benzene rings is 3. The molecule has 3 rings (SSSR count). The summed E-state index contributed by atoms with van der Waals surface area (Å²) in [6, 6.07) is 21.3. The van der Waals surface area contributed by atoms with E-state index in [0.717, 1.165) is 11.1 Å². The Labute approximate surface area is 201 Å². The number of hydrogen-bond donors (Lipinski definition) is 1. The number of methoxy groups -OCH3 is 1. The second-order valence-corrected chi connectivity index (χ2v) is 9.21. The zero-order valence-corrected chi connectivity index (χ0v) is 20.3. The van der Waals surface area contributed by atoms with Crippen LogP contribution in [0.15, 0.2) is 83.8 Å². The van der Waals surface area contributed by atoms with E-state index in [1.807, 2.05) is 55.6 Å². The number of rotatable bonds is 9. The summed E-state index contributed by atoms with van der Waals surface area (Å²) in [4.78, 5) is 2.29. The van der Waals surface area contributed by atoms with Gasteiger partial charge in [-0.25, -0.2) is 8.42 Å². The maximum atomic E-state index is 12.8. The predicted molar refractivity (Wildman–Crippen MR) is 134 cm³/mol. The fourth-order valence-corrected chi connectivity index (χ4v) is 4.24. The van der Waals surface area contributed by atoms with Gasteiger partial charge in [-0.3, -0.25) is 9.62 Å². The molecular weight excluding hydrogens is 467 g/mol. The van der Waals surface area contributed by atoms with Crippen LogP contribution < -0.4 is 9.46 Å². The molecule has 8 heteroatoms. The van der Waals surface area contributed by atoms with Crippen molar-refractivity contribution < 1.29 is 13.2 Å². The Hall–Kier alpha value is -2.51. The Morgan fingerprint density at radius 1 is 1.00 bits per heavy atom. The van der Waals surface area contributed by atoms with Gasteiger partial charge in [0.1, 0.15) is 5.75 Å². The molecule has 170 valence electrons. The van der Waals surface area contributed by atoms with Crippen molar-refractivity contribution in [1.29, 1.82) is 0 Å². The summed E-state index contributed by atoms with van der Waals surface area (Å²) in [6.45, 7) is 1.30. The predicted octanol–water partition coefficient (Wildman–Crippen LogP) is 5.72. The van der Waals surface area contributed by atoms with Gasteiger partial charge in [0.15, 0.2) is 0 Å². The number of nitrogens with zero attached hydrogens (tertiary/aromatic N) is 1. The highest BCUT2D eigenvalue weighted by atomic mass is 35.5. The van der Waals surface area contributed by atoms with E-state index in [4.69, 9.17) is 16.3 Å². The number of halogens is 2. The lowest BCUT2D eigenvalue weighted by Crippen LogP contribution is -2.20. The van der Waals surface area contributed by atoms with Gasteiger partial charge in [-0.1, -0.05) is 54.1 Å². The van der Waals surface area contributed by atoms with Crippen LogP contribution in [0.5, 0.6) is 5.75 Å². The third-order valence-electron chi connectivity index (χ3n) is 4.67. The van der Waals surface area contributed by atoms with E-state index in [1.165, 1.54) is 12.1 Å². The van der Waals surface area contributed by atoms with Crippen molar-refractivity contribution in [2.24, 2.45) is 0 Å². The van der Waals surface area contributed by atoms with Gasteiger partial charge in [-0.05, 0) is 60.6 Å². The van der Waals surface area contributed by atoms with Crippen molar-refractivity contribution in [3.05, 3.63) is 95.0 Å². The lowest BCUT2D eigenvalue weighted by Gasteiger charge is -2.18. The summed E-state index contributed by atoms with van der Waals surface area (Å²) in [7, 11) is -0.174. The smallest absolute Gasteiger partial charge is 0.261 e. The first kappa shape index (κ1) is 25.7. The van der Waals surface area contributed by atoms with Gasteiger partial charge in [-0.15, -0.1) is 12.4 Å². The average Bonchev–Trinajstić information content (AvgIpc) is 2.76. The van der Waals surface area contributed by atoms with Crippen LogP contribution in [0.3, 0.4) is 0 Å². The largest absolute Gasteiger partial charge is 0.497 e. The molecule has 0 saturated carbocycles. The Bertz CT molecular complexity index is 1130. The number of likely N-dealkylation sites (N-methyl/N-ethyl adjacent to an activating group) is 1. The van der Waals surface area contributed by atoms with E-state index in [9.17, 15) is 8.42 Å². The first-order chi connectivity index (χ1) is 14.9. The van der Waals surface area contributed by atoms with Gasteiger partial charge < -0.3 is 4.74 Å². The van der Waals surface area contributed by atoms with E-state index in [-0.39, 0.29) is 17.3 Å². The molecule has 0 aliphatic carbocycles. The van der Waals surface area contributed by atoms with Gasteiger partial charge >= 0.3 is 0 Å². The molecule has 0 amide bonds. The van der Waals surface area contributed by atoms with Crippen molar-refractivity contribution in [2.45, 2.75) is 11.4 Å². The van der Waals surface area contributed by atoms with Crippen molar-refractivity contribution in [2.75, 3.05) is 25.4 Å². The Balaban J connectivity index is 0.00000363. The summed E-state index contributed by atoms with van der Waals surface area (Å²) < 4.78 is 33.4. The molecule has 5 nitrogen and oxygen atoms in total. The van der Waals surface area contributed by atoms with Crippen molar-refractivity contribution in [1.82, 2.24) is 4.90 Å². The standard InChI is InChI=1S/C24H25ClN2O3S.ClH/c1-27(17-5-6-19-9-11-21(25)12-10-19)18-20-7-3-4-8-24(20)26-31(28,29)23-15-13-22(30-2)14-16-23;/h3-16,26H,17-18H2,1-2H3;1H/b6-5+;. The number of para-hydroxylation sites is 1. The second kappa shape index (κ2) is 11.9. The lowest BCUT2D eigenvalue weighted by atomic mass is 10.1. The summed E-state index contributed by atoms with van der Waals surface area (Å²) in [5, 5.41) is 0.711. The Kier molecular flexibility index (Phi) is 9.60. The van der Waals surface area contributed by atoms with Crippen LogP contribution in [0.2, 0.25) is 5.02 Å². The number of anilines is 1. The quantitative estimate of drug-likeness (QED) is 0.415. The van der Waals surface area contributed by atoms with E-state index in [0.29, 0.717) is 29.5 Å². The summed E-state index contributed by atoms with van der Waals surface area (Å²) in [5.41, 5.74) is 2.53. The molecule has 0 spiro atoms. The zero-order chi connectivity index (χ0) is 22.3. The van der Waals surface area contributed by atoms with Crippen LogP contribution in [0.25, 0.3) is 6.08 Å². The third-order valence-corrected chi connectivity index (χ3v) is 6.30. The number of nitrogens with one attached hydrogen (secondary N) is 1. The molecule has 0 radical (unpaired) electrons. The monoisotopic (exact) mass is 492 g/mol. The summed E-state index contributed by atoms with van der Waals surface area (Å²) in [6.07, 6.45) is 4.10. The SMILES string of the molecule is COc1ccc(S(=O)(=O)Nc2ccccc2CN(C)C/C=C/c2ccc(Cl)cc2)cc1.Cl. The summed E-state index contributed by atoms with van der Waals surface area (Å²) in [5.74, 6) is 0.604. The van der Waals surface area contributed by atoms with Crippen LogP contribution in [-0.4, -0.2) is 34.0 Å². The fourth-order valence-electron chi connectivity index (χ4n) is 3.01. The number of hydrogen-bond acceptors (Lipinski definition) is 4. The highest BCUT2D eigenvalue weighted by molar-refractivity contribution is 7.92. The Morgan fingerprint density at radius 2 is 1.66 bits per heavy atom. The van der Waals surface area contributed by atoms with Crippen LogP contribution in [0.4, 0.5) is 5.69 Å². The molecule has 0 aromatic heterocycles. The minimum absolute atomic E-state index is 0. The average molecular weight is 493 g/mol. The minimum Gasteiger partial charge on any atom is -0.497 e. The van der Waals surface area contributed by atoms with Gasteiger partial charge in [0, 0.05) is 18.1 Å².